The molecule has 6 N–H and O–H groups in total. The maximum atomic E-state index is 13.0. The van der Waals surface area contributed by atoms with Crippen LogP contribution in [-0.2, 0) is 35.8 Å². The van der Waals surface area contributed by atoms with Crippen molar-refractivity contribution in [1.29, 1.82) is 0 Å². The number of hydrazine groups is 2. The van der Waals surface area contributed by atoms with Crippen LogP contribution in [0.3, 0.4) is 0 Å². The van der Waals surface area contributed by atoms with E-state index in [0.717, 1.165) is 22.3 Å². The minimum atomic E-state index is -0.481. The summed E-state index contributed by atoms with van der Waals surface area (Å²) >= 11 is 0. The van der Waals surface area contributed by atoms with Crippen molar-refractivity contribution in [3.8, 4) is 0 Å². The fourth-order valence-electron chi connectivity index (χ4n) is 4.15. The molecule has 0 atom stereocenters. The number of hydrogen-bond donors (Lipinski definition) is 4. The average molecular weight is 573 g/mol. The average Bonchev–Trinajstić information content (AvgIpc) is 3.01. The molecule has 0 aromatic heterocycles. The number of carbonyl (C=O) groups excluding carboxylic acids is 4. The normalized spacial score (nSPS) is 10.6. The molecule has 0 aliphatic carbocycles. The minimum Gasteiger partial charge on any atom is -0.326 e. The lowest BCUT2D eigenvalue weighted by Gasteiger charge is -2.24. The molecule has 0 unspecified atom stereocenters. The third-order valence-electron chi connectivity index (χ3n) is 6.61. The van der Waals surface area contributed by atoms with Crippen LogP contribution in [-0.4, -0.2) is 33.6 Å². The van der Waals surface area contributed by atoms with E-state index >= 15 is 0 Å². The standard InChI is InChI=1S/C32H40N6O4/c1-3-5-29(39)37(21-25-11-7-23(19-33)8-12-25)35-31(41)27-15-17-28(18-16-27)32(42)36-38(30(40)6-4-2)22-26-13-9-24(20-34)10-14-26/h7-18H,3-6,19-22,33-34H2,1-2H3,(H,35,41)(H,36,42). The molecule has 0 aliphatic rings. The van der Waals surface area contributed by atoms with E-state index in [4.69, 9.17) is 11.5 Å². The van der Waals surface area contributed by atoms with Gasteiger partial charge in [-0.05, 0) is 59.4 Å². The molecule has 0 radical (unpaired) electrons. The fourth-order valence-corrected chi connectivity index (χ4v) is 4.15. The molecule has 0 spiro atoms. The first-order valence-electron chi connectivity index (χ1n) is 14.2. The van der Waals surface area contributed by atoms with Crippen LogP contribution in [0.4, 0.5) is 0 Å². The van der Waals surface area contributed by atoms with E-state index in [1.54, 1.807) is 0 Å². The Morgan fingerprint density at radius 2 is 0.857 bits per heavy atom. The Labute approximate surface area is 247 Å². The van der Waals surface area contributed by atoms with Crippen molar-refractivity contribution >= 4 is 23.6 Å². The number of carbonyl (C=O) groups is 4. The first-order chi connectivity index (χ1) is 20.3. The number of rotatable bonds is 12. The summed E-state index contributed by atoms with van der Waals surface area (Å²) in [5.41, 5.74) is 20.9. The summed E-state index contributed by atoms with van der Waals surface area (Å²) < 4.78 is 0. The van der Waals surface area contributed by atoms with Crippen LogP contribution >= 0.6 is 0 Å². The molecule has 0 aliphatic heterocycles. The van der Waals surface area contributed by atoms with Crippen molar-refractivity contribution in [3.05, 3.63) is 106 Å². The molecule has 222 valence electrons. The van der Waals surface area contributed by atoms with E-state index in [1.165, 1.54) is 34.3 Å². The number of hydrogen-bond acceptors (Lipinski definition) is 6. The molecule has 0 saturated carbocycles. The lowest BCUT2D eigenvalue weighted by atomic mass is 10.1. The number of nitrogens with one attached hydrogen (secondary N) is 2. The SMILES string of the molecule is CCCC(=O)N(Cc1ccc(CN)cc1)NC(=O)c1ccc(C(=O)NN(Cc2ccc(CN)cc2)C(=O)CCC)cc1. The van der Waals surface area contributed by atoms with Crippen LogP contribution in [0.25, 0.3) is 0 Å². The number of benzene rings is 3. The monoisotopic (exact) mass is 572 g/mol. The lowest BCUT2D eigenvalue weighted by molar-refractivity contribution is -0.135. The van der Waals surface area contributed by atoms with Gasteiger partial charge in [0.15, 0.2) is 0 Å². The molecule has 3 aromatic rings. The van der Waals surface area contributed by atoms with Gasteiger partial charge in [-0.15, -0.1) is 0 Å². The van der Waals surface area contributed by atoms with Gasteiger partial charge in [0.05, 0.1) is 13.1 Å². The maximum Gasteiger partial charge on any atom is 0.269 e. The Morgan fingerprint density at radius 1 is 0.548 bits per heavy atom. The van der Waals surface area contributed by atoms with Gasteiger partial charge in [-0.1, -0.05) is 62.4 Å². The largest absolute Gasteiger partial charge is 0.326 e. The summed E-state index contributed by atoms with van der Waals surface area (Å²) in [7, 11) is 0. The molecule has 3 rings (SSSR count). The summed E-state index contributed by atoms with van der Waals surface area (Å²) in [6, 6.07) is 21.1. The molecule has 10 nitrogen and oxygen atoms in total. The van der Waals surface area contributed by atoms with Gasteiger partial charge >= 0.3 is 0 Å². The minimum absolute atomic E-state index is 0.201. The first-order valence-corrected chi connectivity index (χ1v) is 14.2. The highest BCUT2D eigenvalue weighted by atomic mass is 16.2. The van der Waals surface area contributed by atoms with Crippen molar-refractivity contribution in [3.63, 3.8) is 0 Å². The second kappa shape index (κ2) is 16.0. The van der Waals surface area contributed by atoms with Gasteiger partial charge in [0.25, 0.3) is 11.8 Å². The van der Waals surface area contributed by atoms with Crippen LogP contribution in [0.5, 0.6) is 0 Å². The highest BCUT2D eigenvalue weighted by Crippen LogP contribution is 2.12. The van der Waals surface area contributed by atoms with Gasteiger partial charge in [0, 0.05) is 37.1 Å². The highest BCUT2D eigenvalue weighted by Gasteiger charge is 2.20. The molecule has 42 heavy (non-hydrogen) atoms. The quantitative estimate of drug-likeness (QED) is 0.244. The molecule has 0 bridgehead atoms. The third kappa shape index (κ3) is 9.25. The fraction of sp³-hybridized carbons (Fsp3) is 0.312. The Morgan fingerprint density at radius 3 is 1.14 bits per heavy atom. The van der Waals surface area contributed by atoms with E-state index < -0.39 is 11.8 Å². The van der Waals surface area contributed by atoms with E-state index in [1.807, 2.05) is 62.4 Å². The zero-order chi connectivity index (χ0) is 30.5. The second-order valence-electron chi connectivity index (χ2n) is 9.96. The van der Waals surface area contributed by atoms with Crippen LogP contribution < -0.4 is 22.3 Å². The first kappa shape index (κ1) is 32.0. The summed E-state index contributed by atoms with van der Waals surface area (Å²) in [5.74, 6) is -1.38. The van der Waals surface area contributed by atoms with Crippen LogP contribution in [0.1, 0.15) is 82.5 Å². The zero-order valence-electron chi connectivity index (χ0n) is 24.3. The molecule has 0 fully saturated rings. The van der Waals surface area contributed by atoms with E-state index in [9.17, 15) is 19.2 Å². The van der Waals surface area contributed by atoms with E-state index in [0.29, 0.717) is 25.9 Å². The van der Waals surface area contributed by atoms with Gasteiger partial charge in [-0.2, -0.15) is 0 Å². The number of nitrogens with two attached hydrogens (primary N) is 2. The van der Waals surface area contributed by atoms with Crippen LogP contribution in [0.2, 0.25) is 0 Å². The summed E-state index contributed by atoms with van der Waals surface area (Å²) in [6.45, 7) is 5.02. The highest BCUT2D eigenvalue weighted by molar-refractivity contribution is 5.98. The van der Waals surface area contributed by atoms with Crippen molar-refractivity contribution in [1.82, 2.24) is 20.9 Å². The summed E-state index contributed by atoms with van der Waals surface area (Å²) in [4.78, 5) is 51.6. The van der Waals surface area contributed by atoms with E-state index in [2.05, 4.69) is 10.9 Å². The topological polar surface area (TPSA) is 151 Å². The molecule has 10 heteroatoms. The van der Waals surface area contributed by atoms with Gasteiger partial charge in [0.1, 0.15) is 0 Å². The predicted molar refractivity (Wildman–Crippen MR) is 161 cm³/mol. The smallest absolute Gasteiger partial charge is 0.269 e. The predicted octanol–water partition coefficient (Wildman–Crippen LogP) is 3.55. The van der Waals surface area contributed by atoms with Gasteiger partial charge in [0.2, 0.25) is 11.8 Å². The van der Waals surface area contributed by atoms with Crippen molar-refractivity contribution < 1.29 is 19.2 Å². The third-order valence-corrected chi connectivity index (χ3v) is 6.61. The molecular weight excluding hydrogens is 532 g/mol. The Kier molecular flexibility index (Phi) is 12.2. The molecule has 0 heterocycles. The lowest BCUT2D eigenvalue weighted by Crippen LogP contribution is -2.46. The molecule has 4 amide bonds. The summed E-state index contributed by atoms with van der Waals surface area (Å²) in [6.07, 6.45) is 1.84. The van der Waals surface area contributed by atoms with Crippen LogP contribution in [0, 0.1) is 0 Å². The molecule has 3 aromatic carbocycles. The number of amides is 4. The Bertz CT molecular complexity index is 1240. The van der Waals surface area contributed by atoms with Crippen LogP contribution in [0.15, 0.2) is 72.8 Å². The number of nitrogens with zero attached hydrogens (tertiary/aromatic N) is 2. The van der Waals surface area contributed by atoms with Gasteiger partial charge < -0.3 is 11.5 Å². The second-order valence-corrected chi connectivity index (χ2v) is 9.96. The van der Waals surface area contributed by atoms with Crippen molar-refractivity contribution in [2.75, 3.05) is 0 Å². The zero-order valence-corrected chi connectivity index (χ0v) is 24.3. The molecular formula is C32H40N6O4. The maximum absolute atomic E-state index is 13.0. The van der Waals surface area contributed by atoms with Crippen molar-refractivity contribution in [2.24, 2.45) is 11.5 Å². The summed E-state index contributed by atoms with van der Waals surface area (Å²) in [5, 5.41) is 2.61. The van der Waals surface area contributed by atoms with E-state index in [-0.39, 0.29) is 48.9 Å². The molecule has 0 saturated heterocycles. The van der Waals surface area contributed by atoms with Gasteiger partial charge in [-0.3, -0.25) is 30.0 Å². The Balaban J connectivity index is 1.69. The van der Waals surface area contributed by atoms with Gasteiger partial charge in [-0.25, -0.2) is 10.0 Å². The Hall–Kier alpha value is -4.54. The van der Waals surface area contributed by atoms with Crippen molar-refractivity contribution in [2.45, 2.75) is 65.7 Å².